The number of nitrogens with zero attached hydrogens (tertiary/aromatic N) is 1. The van der Waals surface area contributed by atoms with Crippen LogP contribution in [0.3, 0.4) is 0 Å². The zero-order valence-corrected chi connectivity index (χ0v) is 9.46. The summed E-state index contributed by atoms with van der Waals surface area (Å²) in [5.41, 5.74) is 0.298. The molecule has 1 amide bonds. The second-order valence-electron chi connectivity index (χ2n) is 4.24. The van der Waals surface area contributed by atoms with Gasteiger partial charge in [-0.3, -0.25) is 0 Å². The van der Waals surface area contributed by atoms with Gasteiger partial charge in [-0.25, -0.2) is 9.78 Å². The molecule has 1 aromatic rings. The summed E-state index contributed by atoms with van der Waals surface area (Å²) in [6.45, 7) is 7.48. The van der Waals surface area contributed by atoms with E-state index in [-0.39, 0.29) is 6.54 Å². The SMILES string of the molecule is Cc1coc(CNC(=O)OC(C)(C)C)n1. The number of rotatable bonds is 2. The fourth-order valence-electron chi connectivity index (χ4n) is 0.946. The summed E-state index contributed by atoms with van der Waals surface area (Å²) in [6.07, 6.45) is 1.06. The summed E-state index contributed by atoms with van der Waals surface area (Å²) in [4.78, 5) is 15.3. The molecule has 0 aromatic carbocycles. The largest absolute Gasteiger partial charge is 0.447 e. The number of hydrogen-bond donors (Lipinski definition) is 1. The average Bonchev–Trinajstić information content (AvgIpc) is 2.45. The number of nitrogens with one attached hydrogen (secondary N) is 1. The predicted molar refractivity (Wildman–Crippen MR) is 54.3 cm³/mol. The Morgan fingerprint density at radius 3 is 2.73 bits per heavy atom. The van der Waals surface area contributed by atoms with Crippen LogP contribution in [0.1, 0.15) is 32.4 Å². The van der Waals surface area contributed by atoms with Gasteiger partial charge >= 0.3 is 6.09 Å². The topological polar surface area (TPSA) is 64.4 Å². The maximum atomic E-state index is 11.2. The summed E-state index contributed by atoms with van der Waals surface area (Å²) in [5, 5.41) is 2.55. The average molecular weight is 212 g/mol. The summed E-state index contributed by atoms with van der Waals surface area (Å²) in [7, 11) is 0. The summed E-state index contributed by atoms with van der Waals surface area (Å²) in [6, 6.07) is 0. The Kier molecular flexibility index (Phi) is 3.34. The smallest absolute Gasteiger partial charge is 0.408 e. The molecule has 0 aliphatic heterocycles. The zero-order valence-electron chi connectivity index (χ0n) is 9.46. The number of aryl methyl sites for hydroxylation is 1. The first-order valence-corrected chi connectivity index (χ1v) is 4.75. The van der Waals surface area contributed by atoms with Crippen LogP contribution in [0.2, 0.25) is 0 Å². The van der Waals surface area contributed by atoms with Crippen molar-refractivity contribution in [3.05, 3.63) is 17.8 Å². The van der Waals surface area contributed by atoms with Crippen LogP contribution in [0.4, 0.5) is 4.79 Å². The molecule has 1 rings (SSSR count). The second kappa shape index (κ2) is 4.33. The van der Waals surface area contributed by atoms with Gasteiger partial charge in [0, 0.05) is 0 Å². The molecule has 0 aliphatic carbocycles. The van der Waals surface area contributed by atoms with Crippen LogP contribution in [0, 0.1) is 6.92 Å². The molecule has 0 saturated carbocycles. The van der Waals surface area contributed by atoms with Crippen LogP contribution in [-0.4, -0.2) is 16.7 Å². The minimum absolute atomic E-state index is 0.239. The van der Waals surface area contributed by atoms with Crippen LogP contribution >= 0.6 is 0 Å². The molecule has 0 fully saturated rings. The van der Waals surface area contributed by atoms with Crippen LogP contribution in [0.5, 0.6) is 0 Å². The van der Waals surface area contributed by atoms with Gasteiger partial charge in [-0.15, -0.1) is 0 Å². The third-order valence-corrected chi connectivity index (χ3v) is 1.45. The Morgan fingerprint density at radius 2 is 2.27 bits per heavy atom. The number of carbonyl (C=O) groups excluding carboxylic acids is 1. The van der Waals surface area contributed by atoms with Gasteiger partial charge in [0.05, 0.1) is 12.2 Å². The molecule has 0 bridgehead atoms. The maximum Gasteiger partial charge on any atom is 0.408 e. The zero-order chi connectivity index (χ0) is 11.5. The standard InChI is InChI=1S/C10H16N2O3/c1-7-6-14-8(12-7)5-11-9(13)15-10(2,3)4/h6H,5H2,1-4H3,(H,11,13). The fraction of sp³-hybridized carbons (Fsp3) is 0.600. The molecule has 1 heterocycles. The number of ether oxygens (including phenoxy) is 1. The number of oxazole rings is 1. The summed E-state index contributed by atoms with van der Waals surface area (Å²) < 4.78 is 10.1. The van der Waals surface area contributed by atoms with Crippen molar-refractivity contribution in [3.63, 3.8) is 0 Å². The molecule has 15 heavy (non-hydrogen) atoms. The minimum Gasteiger partial charge on any atom is -0.447 e. The highest BCUT2D eigenvalue weighted by atomic mass is 16.6. The normalized spacial score (nSPS) is 11.2. The minimum atomic E-state index is -0.489. The van der Waals surface area contributed by atoms with E-state index in [1.165, 1.54) is 6.26 Å². The Bertz CT molecular complexity index is 339. The summed E-state index contributed by atoms with van der Waals surface area (Å²) >= 11 is 0. The van der Waals surface area contributed by atoms with Crippen LogP contribution < -0.4 is 5.32 Å². The quantitative estimate of drug-likeness (QED) is 0.814. The van der Waals surface area contributed by atoms with Crippen molar-refractivity contribution >= 4 is 6.09 Å². The number of alkyl carbamates (subject to hydrolysis) is 1. The maximum absolute atomic E-state index is 11.2. The molecule has 5 nitrogen and oxygen atoms in total. The van der Waals surface area contributed by atoms with Crippen molar-refractivity contribution in [2.75, 3.05) is 0 Å². The first-order chi connectivity index (χ1) is 6.87. The van der Waals surface area contributed by atoms with E-state index in [4.69, 9.17) is 9.15 Å². The van der Waals surface area contributed by atoms with Gasteiger partial charge in [-0.1, -0.05) is 0 Å². The Hall–Kier alpha value is -1.52. The lowest BCUT2D eigenvalue weighted by molar-refractivity contribution is 0.0519. The molecule has 0 atom stereocenters. The van der Waals surface area contributed by atoms with Crippen LogP contribution in [-0.2, 0) is 11.3 Å². The molecule has 0 saturated heterocycles. The lowest BCUT2D eigenvalue weighted by Crippen LogP contribution is -2.32. The molecular formula is C10H16N2O3. The van der Waals surface area contributed by atoms with E-state index in [9.17, 15) is 4.79 Å². The van der Waals surface area contributed by atoms with Gasteiger partial charge in [-0.05, 0) is 27.7 Å². The van der Waals surface area contributed by atoms with Gasteiger partial charge in [0.25, 0.3) is 0 Å². The first-order valence-electron chi connectivity index (χ1n) is 4.75. The van der Waals surface area contributed by atoms with Crippen molar-refractivity contribution in [2.45, 2.75) is 39.8 Å². The van der Waals surface area contributed by atoms with Gasteiger partial charge in [0.1, 0.15) is 11.9 Å². The molecule has 1 N–H and O–H groups in total. The summed E-state index contributed by atoms with van der Waals surface area (Å²) in [5.74, 6) is 0.471. The van der Waals surface area contributed by atoms with Crippen molar-refractivity contribution in [2.24, 2.45) is 0 Å². The lowest BCUT2D eigenvalue weighted by atomic mass is 10.2. The predicted octanol–water partition coefficient (Wildman–Crippen LogP) is 2.01. The fourth-order valence-corrected chi connectivity index (χ4v) is 0.946. The van der Waals surface area contributed by atoms with E-state index in [1.807, 2.05) is 27.7 Å². The van der Waals surface area contributed by atoms with Gasteiger partial charge in [0.2, 0.25) is 5.89 Å². The number of amides is 1. The van der Waals surface area contributed by atoms with Crippen molar-refractivity contribution in [1.82, 2.24) is 10.3 Å². The Balaban J connectivity index is 2.35. The first kappa shape index (κ1) is 11.6. The van der Waals surface area contributed by atoms with Crippen molar-refractivity contribution < 1.29 is 13.9 Å². The van der Waals surface area contributed by atoms with E-state index in [0.29, 0.717) is 5.89 Å². The molecule has 5 heteroatoms. The number of aromatic nitrogens is 1. The molecular weight excluding hydrogens is 196 g/mol. The van der Waals surface area contributed by atoms with Crippen LogP contribution in [0.15, 0.2) is 10.7 Å². The van der Waals surface area contributed by atoms with E-state index < -0.39 is 11.7 Å². The Morgan fingerprint density at radius 1 is 1.60 bits per heavy atom. The van der Waals surface area contributed by atoms with E-state index >= 15 is 0 Å². The highest BCUT2D eigenvalue weighted by Crippen LogP contribution is 2.07. The molecule has 1 aromatic heterocycles. The molecule has 84 valence electrons. The van der Waals surface area contributed by atoms with E-state index in [2.05, 4.69) is 10.3 Å². The van der Waals surface area contributed by atoms with Crippen molar-refractivity contribution in [3.8, 4) is 0 Å². The number of hydrogen-bond acceptors (Lipinski definition) is 4. The van der Waals surface area contributed by atoms with Gasteiger partial charge < -0.3 is 14.5 Å². The molecule has 0 radical (unpaired) electrons. The van der Waals surface area contributed by atoms with Gasteiger partial charge in [0.15, 0.2) is 0 Å². The third-order valence-electron chi connectivity index (χ3n) is 1.45. The van der Waals surface area contributed by atoms with E-state index in [1.54, 1.807) is 0 Å². The van der Waals surface area contributed by atoms with Crippen molar-refractivity contribution in [1.29, 1.82) is 0 Å². The van der Waals surface area contributed by atoms with Crippen LogP contribution in [0.25, 0.3) is 0 Å². The third kappa shape index (κ3) is 4.49. The molecule has 0 unspecified atom stereocenters. The highest BCUT2D eigenvalue weighted by Gasteiger charge is 2.16. The number of carbonyl (C=O) groups is 1. The van der Waals surface area contributed by atoms with Gasteiger partial charge in [-0.2, -0.15) is 0 Å². The molecule has 0 spiro atoms. The lowest BCUT2D eigenvalue weighted by Gasteiger charge is -2.19. The highest BCUT2D eigenvalue weighted by molar-refractivity contribution is 5.67. The molecule has 0 aliphatic rings. The van der Waals surface area contributed by atoms with E-state index in [0.717, 1.165) is 5.69 Å². The Labute approximate surface area is 88.8 Å². The monoisotopic (exact) mass is 212 g/mol. The second-order valence-corrected chi connectivity index (χ2v) is 4.24.